The Labute approximate surface area is 84.9 Å². The first-order valence-electron chi connectivity index (χ1n) is 5.71. The van der Waals surface area contributed by atoms with Crippen LogP contribution in [0.4, 0.5) is 0 Å². The van der Waals surface area contributed by atoms with Crippen molar-refractivity contribution in [2.24, 2.45) is 17.8 Å². The van der Waals surface area contributed by atoms with Crippen molar-refractivity contribution >= 4 is 5.97 Å². The van der Waals surface area contributed by atoms with Crippen molar-refractivity contribution in [3.8, 4) is 0 Å². The smallest absolute Gasteiger partial charge is 0.306 e. The lowest BCUT2D eigenvalue weighted by atomic mass is 9.85. The Hall–Kier alpha value is -0.570. The average Bonchev–Trinajstić information content (AvgIpc) is 2.99. The highest BCUT2D eigenvalue weighted by Gasteiger charge is 2.37. The van der Waals surface area contributed by atoms with Gasteiger partial charge in [0.25, 0.3) is 0 Å². The number of carboxylic acids is 1. The molecule has 0 spiro atoms. The van der Waals surface area contributed by atoms with Crippen LogP contribution in [0.2, 0.25) is 0 Å². The normalized spacial score (nSPS) is 26.0. The molecule has 1 unspecified atom stereocenters. The van der Waals surface area contributed by atoms with E-state index in [4.69, 9.17) is 5.11 Å². The van der Waals surface area contributed by atoms with Gasteiger partial charge in [0.2, 0.25) is 0 Å². The molecule has 80 valence electrons. The van der Waals surface area contributed by atoms with E-state index in [0.717, 1.165) is 45.2 Å². The molecule has 1 aliphatic heterocycles. The van der Waals surface area contributed by atoms with Crippen molar-refractivity contribution in [1.29, 1.82) is 0 Å². The monoisotopic (exact) mass is 197 g/mol. The first kappa shape index (κ1) is 9.97. The molecule has 3 nitrogen and oxygen atoms in total. The van der Waals surface area contributed by atoms with Crippen molar-refractivity contribution < 1.29 is 9.90 Å². The zero-order valence-electron chi connectivity index (χ0n) is 8.54. The van der Waals surface area contributed by atoms with Crippen LogP contribution in [-0.4, -0.2) is 24.2 Å². The van der Waals surface area contributed by atoms with Gasteiger partial charge >= 0.3 is 5.97 Å². The summed E-state index contributed by atoms with van der Waals surface area (Å²) in [7, 11) is 0. The van der Waals surface area contributed by atoms with Crippen molar-refractivity contribution in [2.75, 3.05) is 13.1 Å². The van der Waals surface area contributed by atoms with Gasteiger partial charge in [-0.05, 0) is 57.0 Å². The molecule has 1 saturated carbocycles. The quantitative estimate of drug-likeness (QED) is 0.718. The Bertz CT molecular complexity index is 207. The van der Waals surface area contributed by atoms with Crippen LogP contribution in [0.1, 0.15) is 32.1 Å². The Kier molecular flexibility index (Phi) is 3.06. The highest BCUT2D eigenvalue weighted by atomic mass is 16.4. The number of carbonyl (C=O) groups is 1. The van der Waals surface area contributed by atoms with Gasteiger partial charge in [-0.15, -0.1) is 0 Å². The van der Waals surface area contributed by atoms with Crippen LogP contribution >= 0.6 is 0 Å². The van der Waals surface area contributed by atoms with Crippen LogP contribution in [0.15, 0.2) is 0 Å². The van der Waals surface area contributed by atoms with Gasteiger partial charge in [0, 0.05) is 0 Å². The van der Waals surface area contributed by atoms with Gasteiger partial charge in [0.15, 0.2) is 0 Å². The molecular formula is C11H19NO2. The van der Waals surface area contributed by atoms with E-state index in [-0.39, 0.29) is 5.92 Å². The Balaban J connectivity index is 1.82. The lowest BCUT2D eigenvalue weighted by Crippen LogP contribution is -2.30. The summed E-state index contributed by atoms with van der Waals surface area (Å²) in [5.41, 5.74) is 0. The number of rotatable bonds is 4. The van der Waals surface area contributed by atoms with Gasteiger partial charge in [-0.25, -0.2) is 0 Å². The minimum Gasteiger partial charge on any atom is -0.481 e. The molecule has 0 aromatic heterocycles. The predicted molar refractivity (Wildman–Crippen MR) is 54.1 cm³/mol. The summed E-state index contributed by atoms with van der Waals surface area (Å²) in [5, 5.41) is 12.4. The van der Waals surface area contributed by atoms with Crippen LogP contribution < -0.4 is 5.32 Å². The number of nitrogens with one attached hydrogen (secondary N) is 1. The number of aliphatic carboxylic acids is 1. The van der Waals surface area contributed by atoms with E-state index < -0.39 is 5.97 Å². The molecule has 1 saturated heterocycles. The maximum absolute atomic E-state index is 11.0. The van der Waals surface area contributed by atoms with Gasteiger partial charge in [-0.3, -0.25) is 4.79 Å². The summed E-state index contributed by atoms with van der Waals surface area (Å²) in [4.78, 5) is 11.0. The van der Waals surface area contributed by atoms with Crippen molar-refractivity contribution in [1.82, 2.24) is 5.32 Å². The van der Waals surface area contributed by atoms with Crippen LogP contribution in [0.3, 0.4) is 0 Å². The molecule has 0 bridgehead atoms. The largest absolute Gasteiger partial charge is 0.481 e. The lowest BCUT2D eigenvalue weighted by molar-refractivity contribution is -0.143. The molecule has 0 aromatic rings. The lowest BCUT2D eigenvalue weighted by Gasteiger charge is -2.25. The maximum Gasteiger partial charge on any atom is 0.306 e. The van der Waals surface area contributed by atoms with E-state index in [0.29, 0.717) is 11.8 Å². The van der Waals surface area contributed by atoms with Crippen molar-refractivity contribution in [2.45, 2.75) is 32.1 Å². The Morgan fingerprint density at radius 2 is 1.93 bits per heavy atom. The fourth-order valence-corrected chi connectivity index (χ4v) is 2.47. The number of piperidine rings is 1. The van der Waals surface area contributed by atoms with Gasteiger partial charge in [0.05, 0.1) is 5.92 Å². The molecule has 2 aliphatic rings. The van der Waals surface area contributed by atoms with Gasteiger partial charge in [0.1, 0.15) is 0 Å². The third kappa shape index (κ3) is 2.47. The van der Waals surface area contributed by atoms with Gasteiger partial charge < -0.3 is 10.4 Å². The van der Waals surface area contributed by atoms with Crippen LogP contribution in [-0.2, 0) is 4.79 Å². The molecule has 2 N–H and O–H groups in total. The van der Waals surface area contributed by atoms with E-state index in [1.807, 2.05) is 0 Å². The third-order valence-corrected chi connectivity index (χ3v) is 3.55. The fraction of sp³-hybridized carbons (Fsp3) is 0.909. The van der Waals surface area contributed by atoms with Crippen molar-refractivity contribution in [3.05, 3.63) is 0 Å². The first-order chi connectivity index (χ1) is 6.77. The molecule has 1 heterocycles. The molecule has 2 fully saturated rings. The van der Waals surface area contributed by atoms with E-state index >= 15 is 0 Å². The second-order valence-corrected chi connectivity index (χ2v) is 4.71. The predicted octanol–water partition coefficient (Wildman–Crippen LogP) is 1.49. The first-order valence-corrected chi connectivity index (χ1v) is 5.71. The highest BCUT2D eigenvalue weighted by Crippen LogP contribution is 2.41. The summed E-state index contributed by atoms with van der Waals surface area (Å²) in [6.45, 7) is 2.14. The Morgan fingerprint density at radius 1 is 1.29 bits per heavy atom. The third-order valence-electron chi connectivity index (χ3n) is 3.55. The summed E-state index contributed by atoms with van der Waals surface area (Å²) < 4.78 is 0. The molecule has 3 heteroatoms. The molecule has 0 radical (unpaired) electrons. The number of hydrogen-bond donors (Lipinski definition) is 2. The van der Waals surface area contributed by atoms with E-state index in [2.05, 4.69) is 5.32 Å². The molecular weight excluding hydrogens is 178 g/mol. The molecule has 0 amide bonds. The second kappa shape index (κ2) is 4.30. The summed E-state index contributed by atoms with van der Waals surface area (Å²) in [6.07, 6.45) is 5.53. The number of hydrogen-bond acceptors (Lipinski definition) is 2. The van der Waals surface area contributed by atoms with Gasteiger partial charge in [-0.1, -0.05) is 0 Å². The van der Waals surface area contributed by atoms with E-state index in [1.54, 1.807) is 0 Å². The SMILES string of the molecule is O=C(O)C(CC1CCNCC1)C1CC1. The maximum atomic E-state index is 11.0. The Morgan fingerprint density at radius 3 is 2.43 bits per heavy atom. The summed E-state index contributed by atoms with van der Waals surface area (Å²) in [6, 6.07) is 0. The average molecular weight is 197 g/mol. The van der Waals surface area contributed by atoms with Crippen molar-refractivity contribution in [3.63, 3.8) is 0 Å². The zero-order valence-corrected chi connectivity index (χ0v) is 8.54. The van der Waals surface area contributed by atoms with Crippen LogP contribution in [0.25, 0.3) is 0 Å². The second-order valence-electron chi connectivity index (χ2n) is 4.71. The molecule has 1 aliphatic carbocycles. The number of carboxylic acid groups (broad SMARTS) is 1. The molecule has 1 atom stereocenters. The molecule has 14 heavy (non-hydrogen) atoms. The fourth-order valence-electron chi connectivity index (χ4n) is 2.47. The summed E-state index contributed by atoms with van der Waals surface area (Å²) in [5.74, 6) is 0.546. The molecule has 2 rings (SSSR count). The summed E-state index contributed by atoms with van der Waals surface area (Å²) >= 11 is 0. The van der Waals surface area contributed by atoms with E-state index in [1.165, 1.54) is 0 Å². The topological polar surface area (TPSA) is 49.3 Å². The van der Waals surface area contributed by atoms with Crippen LogP contribution in [0.5, 0.6) is 0 Å². The van der Waals surface area contributed by atoms with Gasteiger partial charge in [-0.2, -0.15) is 0 Å². The zero-order chi connectivity index (χ0) is 9.97. The van der Waals surface area contributed by atoms with E-state index in [9.17, 15) is 4.79 Å². The minimum absolute atomic E-state index is 0.0434. The standard InChI is InChI=1S/C11H19NO2/c13-11(14)10(9-1-2-9)7-8-3-5-12-6-4-8/h8-10,12H,1-7H2,(H,13,14). The minimum atomic E-state index is -0.564. The highest BCUT2D eigenvalue weighted by molar-refractivity contribution is 5.70. The molecule has 0 aromatic carbocycles. The van der Waals surface area contributed by atoms with Crippen LogP contribution in [0, 0.1) is 17.8 Å².